The van der Waals surface area contributed by atoms with Crippen LogP contribution in [0.3, 0.4) is 0 Å². The molecule has 0 spiro atoms. The van der Waals surface area contributed by atoms with Crippen LogP contribution in [-0.2, 0) is 10.2 Å². The highest BCUT2D eigenvalue weighted by Gasteiger charge is 2.38. The average Bonchev–Trinajstić information content (AvgIpc) is 2.29. The number of hydrogen-bond donors (Lipinski definition) is 0. The van der Waals surface area contributed by atoms with Crippen LogP contribution in [0.4, 0.5) is 0 Å². The number of benzene rings is 1. The molecule has 1 aliphatic rings. The van der Waals surface area contributed by atoms with Crippen molar-refractivity contribution in [2.45, 2.75) is 19.3 Å². The molecular weight excluding hydrogens is 196 g/mol. The van der Waals surface area contributed by atoms with Gasteiger partial charge < -0.3 is 4.79 Å². The van der Waals surface area contributed by atoms with Crippen LogP contribution in [0.25, 0.3) is 6.08 Å². The molecule has 1 nitrogen and oxygen atoms in total. The highest BCUT2D eigenvalue weighted by molar-refractivity contribution is 5.77. The first kappa shape index (κ1) is 10.9. The van der Waals surface area contributed by atoms with Crippen molar-refractivity contribution in [1.29, 1.82) is 0 Å². The maximum absolute atomic E-state index is 11.5. The Morgan fingerprint density at radius 2 is 2.12 bits per heavy atom. The van der Waals surface area contributed by atoms with Gasteiger partial charge in [-0.3, -0.25) is 0 Å². The normalized spacial score (nSPS) is 27.2. The van der Waals surface area contributed by atoms with Crippen molar-refractivity contribution in [3.05, 3.63) is 53.6 Å². The van der Waals surface area contributed by atoms with Crippen molar-refractivity contribution in [3.8, 4) is 0 Å². The molecule has 0 aromatic heterocycles. The number of carbonyl (C=O) groups excluding carboxylic acids is 1. The van der Waals surface area contributed by atoms with E-state index in [0.717, 1.165) is 23.0 Å². The largest absolute Gasteiger partial charge is 0.302 e. The molecule has 2 unspecified atom stereocenters. The van der Waals surface area contributed by atoms with Gasteiger partial charge in [-0.05, 0) is 25.0 Å². The number of aldehydes is 1. The topological polar surface area (TPSA) is 17.1 Å². The molecule has 0 radical (unpaired) electrons. The summed E-state index contributed by atoms with van der Waals surface area (Å²) < 4.78 is 0. The highest BCUT2D eigenvalue weighted by Crippen LogP contribution is 2.40. The van der Waals surface area contributed by atoms with E-state index in [2.05, 4.69) is 18.7 Å². The van der Waals surface area contributed by atoms with Gasteiger partial charge in [0.2, 0.25) is 0 Å². The summed E-state index contributed by atoms with van der Waals surface area (Å²) in [5.41, 5.74) is 2.78. The fraction of sp³-hybridized carbons (Fsp3) is 0.267. The molecule has 0 fully saturated rings. The summed E-state index contributed by atoms with van der Waals surface area (Å²) in [6.07, 6.45) is 5.22. The van der Waals surface area contributed by atoms with Crippen molar-refractivity contribution in [1.82, 2.24) is 0 Å². The zero-order valence-electron chi connectivity index (χ0n) is 9.73. The maximum atomic E-state index is 11.5. The molecule has 0 aliphatic heterocycles. The first-order chi connectivity index (χ1) is 7.59. The fourth-order valence-corrected chi connectivity index (χ4v) is 2.51. The van der Waals surface area contributed by atoms with Gasteiger partial charge in [0.05, 0.1) is 5.41 Å². The van der Waals surface area contributed by atoms with Crippen LogP contribution >= 0.6 is 0 Å². The molecule has 2 atom stereocenters. The predicted octanol–water partition coefficient (Wildman–Crippen LogP) is 3.36. The number of carbonyl (C=O) groups is 1. The van der Waals surface area contributed by atoms with E-state index >= 15 is 0 Å². The second kappa shape index (κ2) is 3.75. The van der Waals surface area contributed by atoms with Crippen LogP contribution in [0.5, 0.6) is 0 Å². The molecule has 1 aliphatic carbocycles. The Morgan fingerprint density at radius 3 is 2.75 bits per heavy atom. The summed E-state index contributed by atoms with van der Waals surface area (Å²) in [5.74, 6) is 0.0971. The Kier molecular flexibility index (Phi) is 2.55. The molecule has 0 saturated heterocycles. The zero-order chi connectivity index (χ0) is 11.8. The van der Waals surface area contributed by atoms with Gasteiger partial charge in [-0.2, -0.15) is 0 Å². The molecule has 16 heavy (non-hydrogen) atoms. The fourth-order valence-electron chi connectivity index (χ4n) is 2.51. The SMILES string of the molecule is C=C(C)C1C=Cc2ccccc2C1(C)C=O. The monoisotopic (exact) mass is 212 g/mol. The zero-order valence-corrected chi connectivity index (χ0v) is 9.73. The van der Waals surface area contributed by atoms with E-state index in [0.29, 0.717) is 0 Å². The second-order valence-corrected chi connectivity index (χ2v) is 4.67. The van der Waals surface area contributed by atoms with Crippen LogP contribution in [0, 0.1) is 5.92 Å². The summed E-state index contributed by atoms with van der Waals surface area (Å²) in [6, 6.07) is 8.05. The molecule has 0 amide bonds. The average molecular weight is 212 g/mol. The van der Waals surface area contributed by atoms with Gasteiger partial charge in [0.15, 0.2) is 0 Å². The van der Waals surface area contributed by atoms with Gasteiger partial charge in [0.1, 0.15) is 6.29 Å². The minimum atomic E-state index is -0.475. The lowest BCUT2D eigenvalue weighted by molar-refractivity contribution is -0.113. The minimum absolute atomic E-state index is 0.0971. The predicted molar refractivity (Wildman–Crippen MR) is 67.2 cm³/mol. The first-order valence-electron chi connectivity index (χ1n) is 5.49. The van der Waals surface area contributed by atoms with Gasteiger partial charge in [-0.25, -0.2) is 0 Å². The molecular formula is C15H16O. The molecule has 0 saturated carbocycles. The summed E-state index contributed by atoms with van der Waals surface area (Å²) >= 11 is 0. The van der Waals surface area contributed by atoms with Crippen LogP contribution in [-0.4, -0.2) is 6.29 Å². The van der Waals surface area contributed by atoms with Crippen molar-refractivity contribution in [3.63, 3.8) is 0 Å². The molecule has 0 bridgehead atoms. The quantitative estimate of drug-likeness (QED) is 0.542. The maximum Gasteiger partial charge on any atom is 0.131 e. The minimum Gasteiger partial charge on any atom is -0.302 e. The Bertz CT molecular complexity index is 470. The third-order valence-corrected chi connectivity index (χ3v) is 3.43. The van der Waals surface area contributed by atoms with Crippen molar-refractivity contribution in [2.24, 2.45) is 5.92 Å². The van der Waals surface area contributed by atoms with E-state index in [1.54, 1.807) is 0 Å². The van der Waals surface area contributed by atoms with Gasteiger partial charge in [-0.15, -0.1) is 0 Å². The summed E-state index contributed by atoms with van der Waals surface area (Å²) in [6.45, 7) is 7.95. The number of allylic oxidation sites excluding steroid dienone is 2. The van der Waals surface area contributed by atoms with E-state index in [4.69, 9.17) is 0 Å². The van der Waals surface area contributed by atoms with Gasteiger partial charge in [0, 0.05) is 5.92 Å². The third kappa shape index (κ3) is 1.44. The van der Waals surface area contributed by atoms with Crippen molar-refractivity contribution in [2.75, 3.05) is 0 Å². The Balaban J connectivity index is 2.63. The van der Waals surface area contributed by atoms with Gasteiger partial charge in [0.25, 0.3) is 0 Å². The molecule has 0 N–H and O–H groups in total. The van der Waals surface area contributed by atoms with Crippen molar-refractivity contribution >= 4 is 12.4 Å². The molecule has 1 aromatic carbocycles. The van der Waals surface area contributed by atoms with E-state index in [-0.39, 0.29) is 5.92 Å². The summed E-state index contributed by atoms with van der Waals surface area (Å²) in [5, 5.41) is 0. The highest BCUT2D eigenvalue weighted by atomic mass is 16.1. The smallest absolute Gasteiger partial charge is 0.131 e. The molecule has 1 aromatic rings. The Labute approximate surface area is 96.5 Å². The molecule has 82 valence electrons. The lowest BCUT2D eigenvalue weighted by Crippen LogP contribution is -2.35. The molecule has 0 heterocycles. The van der Waals surface area contributed by atoms with E-state index in [1.807, 2.05) is 38.1 Å². The summed E-state index contributed by atoms with van der Waals surface area (Å²) in [7, 11) is 0. The standard InChI is InChI=1S/C15H16O/c1-11(2)13-9-8-12-6-4-5-7-14(12)15(13,3)10-16/h4-10,13H,1H2,2-3H3. The lowest BCUT2D eigenvalue weighted by atomic mass is 9.66. The lowest BCUT2D eigenvalue weighted by Gasteiger charge is -2.36. The third-order valence-electron chi connectivity index (χ3n) is 3.43. The van der Waals surface area contributed by atoms with Crippen LogP contribution in [0.2, 0.25) is 0 Å². The number of fused-ring (bicyclic) bond motifs is 1. The Hall–Kier alpha value is -1.63. The molecule has 1 heteroatoms. The van der Waals surface area contributed by atoms with E-state index < -0.39 is 5.41 Å². The number of rotatable bonds is 2. The number of hydrogen-bond acceptors (Lipinski definition) is 1. The van der Waals surface area contributed by atoms with Crippen molar-refractivity contribution < 1.29 is 4.79 Å². The second-order valence-electron chi connectivity index (χ2n) is 4.67. The van der Waals surface area contributed by atoms with E-state index in [9.17, 15) is 4.79 Å². The van der Waals surface area contributed by atoms with Crippen LogP contribution in [0.1, 0.15) is 25.0 Å². The Morgan fingerprint density at radius 1 is 1.44 bits per heavy atom. The molecule has 2 rings (SSSR count). The first-order valence-corrected chi connectivity index (χ1v) is 5.49. The van der Waals surface area contributed by atoms with E-state index in [1.165, 1.54) is 0 Å². The van der Waals surface area contributed by atoms with Gasteiger partial charge >= 0.3 is 0 Å². The van der Waals surface area contributed by atoms with Gasteiger partial charge in [-0.1, -0.05) is 48.6 Å². The summed E-state index contributed by atoms with van der Waals surface area (Å²) in [4.78, 5) is 11.5. The van der Waals surface area contributed by atoms with Crippen LogP contribution in [0.15, 0.2) is 42.5 Å². The van der Waals surface area contributed by atoms with Crippen LogP contribution < -0.4 is 0 Å².